The number of hydrogen-bond donors (Lipinski definition) is 3. The number of aromatic hydroxyl groups is 2. The van der Waals surface area contributed by atoms with Crippen LogP contribution >= 0.6 is 0 Å². The Hall–Kier alpha value is -3.98. The molecule has 2 aromatic carbocycles. The number of aliphatic hydroxyl groups excluding tert-OH is 1. The summed E-state index contributed by atoms with van der Waals surface area (Å²) in [6.45, 7) is 0.0379. The summed E-state index contributed by atoms with van der Waals surface area (Å²) in [6, 6.07) is 6.46. The van der Waals surface area contributed by atoms with Gasteiger partial charge in [-0.3, -0.25) is 4.79 Å². The Morgan fingerprint density at radius 1 is 1.17 bits per heavy atom. The number of aromatic nitrogens is 1. The predicted octanol–water partition coefficient (Wildman–Crippen LogP) is 2.57. The van der Waals surface area contributed by atoms with E-state index < -0.39 is 6.10 Å². The van der Waals surface area contributed by atoms with Crippen LogP contribution in [0.1, 0.15) is 46.8 Å². The molecule has 9 heteroatoms. The maximum Gasteiger partial charge on any atom is 0.335 e. The number of phenols is 2. The first-order valence-corrected chi connectivity index (χ1v) is 11.2. The van der Waals surface area contributed by atoms with Crippen LogP contribution in [0.15, 0.2) is 36.7 Å². The summed E-state index contributed by atoms with van der Waals surface area (Å²) in [4.78, 5) is 26.4. The Bertz CT molecular complexity index is 1220. The summed E-state index contributed by atoms with van der Waals surface area (Å²) in [5.41, 5.74) is 2.77. The molecule has 0 radical (unpaired) electrons. The van der Waals surface area contributed by atoms with Crippen LogP contribution in [-0.4, -0.2) is 52.5 Å². The number of nitrogens with zero attached hydrogens (tertiary/aromatic N) is 1. The van der Waals surface area contributed by atoms with Crippen LogP contribution in [0.3, 0.4) is 0 Å². The number of phenolic OH excluding ortho intramolecular Hbond substituents is 2. The summed E-state index contributed by atoms with van der Waals surface area (Å²) in [5.74, 6) is 0.243. The normalized spacial score (nSPS) is 14.8. The van der Waals surface area contributed by atoms with Crippen LogP contribution in [0.5, 0.6) is 28.7 Å². The molecular weight excluding hydrogens is 454 g/mol. The van der Waals surface area contributed by atoms with Crippen molar-refractivity contribution in [2.24, 2.45) is 0 Å². The Morgan fingerprint density at radius 3 is 2.60 bits per heavy atom. The Kier molecular flexibility index (Phi) is 7.26. The van der Waals surface area contributed by atoms with Crippen molar-refractivity contribution in [3.63, 3.8) is 0 Å². The van der Waals surface area contributed by atoms with Crippen molar-refractivity contribution in [2.75, 3.05) is 20.3 Å². The number of hydrogen-bond acceptors (Lipinski definition) is 7. The highest BCUT2D eigenvalue weighted by Crippen LogP contribution is 2.52. The number of rotatable bonds is 10. The molecular formula is C26H27NO8. The second-order valence-electron chi connectivity index (χ2n) is 8.17. The molecule has 3 aromatic rings. The van der Waals surface area contributed by atoms with Crippen molar-refractivity contribution in [2.45, 2.75) is 31.8 Å². The molecule has 0 saturated heterocycles. The molecule has 0 amide bonds. The lowest BCUT2D eigenvalue weighted by Crippen LogP contribution is -2.24. The lowest BCUT2D eigenvalue weighted by molar-refractivity contribution is -0.107. The lowest BCUT2D eigenvalue weighted by atomic mass is 9.90. The van der Waals surface area contributed by atoms with Crippen LogP contribution in [0.4, 0.5) is 0 Å². The van der Waals surface area contributed by atoms with Crippen molar-refractivity contribution in [3.05, 3.63) is 64.5 Å². The van der Waals surface area contributed by atoms with Crippen LogP contribution in [0.2, 0.25) is 0 Å². The van der Waals surface area contributed by atoms with Gasteiger partial charge >= 0.3 is 5.78 Å². The molecule has 1 unspecified atom stereocenters. The molecule has 0 saturated carbocycles. The molecule has 1 aliphatic heterocycles. The van der Waals surface area contributed by atoms with E-state index >= 15 is 0 Å². The quantitative estimate of drug-likeness (QED) is 0.228. The molecule has 4 rings (SSSR count). The maximum atomic E-state index is 11.2. The fraction of sp³-hybridized carbons (Fsp3) is 0.308. The number of ether oxygens (including phenoxy) is 3. The minimum atomic E-state index is -0.591. The third-order valence-corrected chi connectivity index (χ3v) is 5.92. The van der Waals surface area contributed by atoms with Gasteiger partial charge in [-0.1, -0.05) is 23.3 Å². The molecule has 1 aliphatic rings. The summed E-state index contributed by atoms with van der Waals surface area (Å²) < 4.78 is 17.6. The standard InChI is InChI=1S/C26H26NO8/c1-33-26-23(32)19(11-17-14-27-13-16(17)7-9-29)24-22(25(26)34-10-2-8-28)20(31)12-21(35-24)15-3-5-18(30)6-4-15/h3-6,9,13-14,21,28,30H,2,7-8,10-12H2,1H3,(H,31,32)/q-1/p+1. The molecule has 0 aliphatic carbocycles. The molecule has 0 spiro atoms. The highest BCUT2D eigenvalue weighted by atomic mass is 16.5. The Labute approximate surface area is 201 Å². The van der Waals surface area contributed by atoms with Gasteiger partial charge in [0.15, 0.2) is 17.1 Å². The number of methoxy groups -OCH3 is 1. The van der Waals surface area contributed by atoms with Gasteiger partial charge in [-0.15, -0.1) is 0 Å². The van der Waals surface area contributed by atoms with E-state index in [0.29, 0.717) is 12.0 Å². The monoisotopic (exact) mass is 481 g/mol. The highest BCUT2D eigenvalue weighted by molar-refractivity contribution is 6.05. The first-order chi connectivity index (χ1) is 17.0. The number of carbonyl (C=O) groups excluding carboxylic acids is 2. The van der Waals surface area contributed by atoms with E-state index in [1.165, 1.54) is 19.2 Å². The van der Waals surface area contributed by atoms with E-state index in [1.54, 1.807) is 24.5 Å². The van der Waals surface area contributed by atoms with Gasteiger partial charge in [0.05, 0.1) is 13.7 Å². The van der Waals surface area contributed by atoms with Crippen LogP contribution in [-0.2, 0) is 17.6 Å². The summed E-state index contributed by atoms with van der Waals surface area (Å²) in [7, 11) is 1.38. The number of carbonyl (C=O) groups is 1. The topological polar surface area (TPSA) is 141 Å². The first-order valence-electron chi connectivity index (χ1n) is 11.2. The van der Waals surface area contributed by atoms with Gasteiger partial charge in [-0.2, -0.15) is 12.4 Å². The van der Waals surface area contributed by atoms with Gasteiger partial charge in [0, 0.05) is 31.4 Å². The minimum absolute atomic E-state index is 0.0170. The average molecular weight is 482 g/mol. The molecule has 35 heavy (non-hydrogen) atoms. The van der Waals surface area contributed by atoms with E-state index in [-0.39, 0.29) is 72.6 Å². The van der Waals surface area contributed by atoms with Crippen molar-refractivity contribution < 1.29 is 39.1 Å². The molecule has 9 nitrogen and oxygen atoms in total. The number of aldehydes is 1. The molecule has 1 aromatic heterocycles. The number of fused-ring (bicyclic) bond motifs is 1. The number of ketones is 1. The summed E-state index contributed by atoms with van der Waals surface area (Å²) in [5, 5.41) is 30.0. The van der Waals surface area contributed by atoms with Gasteiger partial charge in [-0.05, 0) is 17.7 Å². The van der Waals surface area contributed by atoms with E-state index in [0.717, 1.165) is 23.0 Å². The van der Waals surface area contributed by atoms with Crippen molar-refractivity contribution in [1.82, 2.24) is 4.98 Å². The zero-order chi connectivity index (χ0) is 24.9. The van der Waals surface area contributed by atoms with Gasteiger partial charge in [0.2, 0.25) is 5.75 Å². The lowest BCUT2D eigenvalue weighted by Gasteiger charge is -2.28. The van der Waals surface area contributed by atoms with E-state index in [2.05, 4.69) is 4.98 Å². The zero-order valence-electron chi connectivity index (χ0n) is 19.2. The van der Waals surface area contributed by atoms with E-state index in [1.807, 2.05) is 0 Å². The average Bonchev–Trinajstić information content (AvgIpc) is 3.28. The first kappa shape index (κ1) is 24.2. The van der Waals surface area contributed by atoms with Crippen LogP contribution in [0.25, 0.3) is 0 Å². The maximum absolute atomic E-state index is 11.2. The molecule has 1 atom stereocenters. The van der Waals surface area contributed by atoms with Crippen LogP contribution < -0.4 is 19.2 Å². The van der Waals surface area contributed by atoms with Crippen molar-refractivity contribution in [1.29, 1.82) is 0 Å². The minimum Gasteiger partial charge on any atom is -0.670 e. The third-order valence-electron chi connectivity index (χ3n) is 5.92. The van der Waals surface area contributed by atoms with E-state index in [4.69, 9.17) is 19.3 Å². The van der Waals surface area contributed by atoms with Gasteiger partial charge in [0.1, 0.15) is 30.3 Å². The van der Waals surface area contributed by atoms with Gasteiger partial charge in [-0.25, -0.2) is 0 Å². The third kappa shape index (κ3) is 4.81. The molecule has 2 heterocycles. The SMILES string of the molecule is COc1c(O)c(Cc2c[n-]cc2CC=O)c2c(c1OCCCO)C(=[OH+])CC(c1ccc(O)cc1)O2. The second-order valence-corrected chi connectivity index (χ2v) is 8.17. The van der Waals surface area contributed by atoms with Crippen molar-refractivity contribution >= 4 is 12.1 Å². The smallest absolute Gasteiger partial charge is 0.335 e. The van der Waals surface area contributed by atoms with E-state index in [9.17, 15) is 19.8 Å². The number of aliphatic hydroxyl groups is 1. The second kappa shape index (κ2) is 10.5. The van der Waals surface area contributed by atoms with Gasteiger partial charge in [0.25, 0.3) is 0 Å². The molecule has 0 fully saturated rings. The fourth-order valence-electron chi connectivity index (χ4n) is 4.18. The summed E-state index contributed by atoms with van der Waals surface area (Å²) in [6.07, 6.45) is 4.21. The fourth-order valence-corrected chi connectivity index (χ4v) is 4.18. The van der Waals surface area contributed by atoms with Crippen LogP contribution in [0, 0.1) is 0 Å². The molecule has 0 bridgehead atoms. The Balaban J connectivity index is 1.86. The molecule has 184 valence electrons. The zero-order valence-corrected chi connectivity index (χ0v) is 19.2. The highest BCUT2D eigenvalue weighted by Gasteiger charge is 2.40. The van der Waals surface area contributed by atoms with Crippen molar-refractivity contribution in [3.8, 4) is 28.7 Å². The number of benzene rings is 2. The Morgan fingerprint density at radius 2 is 1.91 bits per heavy atom. The summed E-state index contributed by atoms with van der Waals surface area (Å²) >= 11 is 0. The predicted molar refractivity (Wildman–Crippen MR) is 126 cm³/mol. The van der Waals surface area contributed by atoms with Gasteiger partial charge < -0.3 is 39.3 Å². The molecule has 4 N–H and O–H groups in total. The largest absolute Gasteiger partial charge is 0.670 e.